The molecule has 0 saturated heterocycles. The summed E-state index contributed by atoms with van der Waals surface area (Å²) >= 11 is 6.33. The fraction of sp³-hybridized carbons (Fsp3) is 0.130. The van der Waals surface area contributed by atoms with Crippen LogP contribution >= 0.6 is 11.6 Å². The van der Waals surface area contributed by atoms with E-state index in [-0.39, 0.29) is 18.5 Å². The Morgan fingerprint density at radius 1 is 1.00 bits per heavy atom. The van der Waals surface area contributed by atoms with Gasteiger partial charge in [0.2, 0.25) is 5.91 Å². The zero-order valence-corrected chi connectivity index (χ0v) is 16.3. The quantitative estimate of drug-likeness (QED) is 0.606. The lowest BCUT2D eigenvalue weighted by molar-refractivity contribution is -0.119. The standard InChI is InChI=1S/C23H20ClN3O/c1-26-21-13-12-19(24)14-20(21)23(18-10-6-3-7-11-18)27(16-22(26)28)25-15-17-8-4-2-5-9-17/h2-15,23H,16H2,1H3. The molecule has 5 heteroatoms. The minimum Gasteiger partial charge on any atom is -0.314 e. The summed E-state index contributed by atoms with van der Waals surface area (Å²) in [5, 5.41) is 7.17. The molecule has 0 aliphatic carbocycles. The van der Waals surface area contributed by atoms with Crippen LogP contribution in [0.5, 0.6) is 0 Å². The zero-order chi connectivity index (χ0) is 19.5. The Balaban J connectivity index is 1.85. The first-order chi connectivity index (χ1) is 13.6. The molecule has 1 aliphatic heterocycles. The summed E-state index contributed by atoms with van der Waals surface area (Å²) in [7, 11) is 1.79. The van der Waals surface area contributed by atoms with E-state index in [4.69, 9.17) is 16.7 Å². The molecule has 1 heterocycles. The van der Waals surface area contributed by atoms with Gasteiger partial charge in [-0.05, 0) is 29.3 Å². The smallest absolute Gasteiger partial charge is 0.248 e. The van der Waals surface area contributed by atoms with Crippen LogP contribution in [0.3, 0.4) is 0 Å². The number of anilines is 1. The van der Waals surface area contributed by atoms with E-state index >= 15 is 0 Å². The number of benzene rings is 3. The molecular weight excluding hydrogens is 370 g/mol. The average Bonchev–Trinajstić information content (AvgIpc) is 2.82. The molecule has 0 radical (unpaired) electrons. The molecule has 1 unspecified atom stereocenters. The minimum atomic E-state index is -0.219. The molecule has 3 aromatic carbocycles. The maximum Gasteiger partial charge on any atom is 0.248 e. The van der Waals surface area contributed by atoms with Crippen molar-refractivity contribution in [2.24, 2.45) is 5.10 Å². The van der Waals surface area contributed by atoms with Crippen LogP contribution < -0.4 is 4.90 Å². The van der Waals surface area contributed by atoms with E-state index in [1.807, 2.05) is 71.7 Å². The number of hydrogen-bond donors (Lipinski definition) is 0. The van der Waals surface area contributed by atoms with Crippen LogP contribution in [0.15, 0.2) is 84.0 Å². The van der Waals surface area contributed by atoms with E-state index in [2.05, 4.69) is 12.1 Å². The molecule has 4 rings (SSSR count). The minimum absolute atomic E-state index is 0.0211. The Kier molecular flexibility index (Phi) is 5.13. The Bertz CT molecular complexity index is 1000. The molecule has 0 saturated carbocycles. The predicted molar refractivity (Wildman–Crippen MR) is 114 cm³/mol. The molecule has 0 fully saturated rings. The van der Waals surface area contributed by atoms with Gasteiger partial charge in [0.05, 0.1) is 12.3 Å². The SMILES string of the molecule is CN1C(=O)CN(N=Cc2ccccc2)C(c2ccccc2)c2cc(Cl)ccc21. The van der Waals surface area contributed by atoms with Gasteiger partial charge < -0.3 is 4.90 Å². The van der Waals surface area contributed by atoms with Gasteiger partial charge in [0.25, 0.3) is 0 Å². The highest BCUT2D eigenvalue weighted by Crippen LogP contribution is 2.39. The molecule has 140 valence electrons. The molecule has 1 atom stereocenters. The second-order valence-corrected chi connectivity index (χ2v) is 7.16. The fourth-order valence-electron chi connectivity index (χ4n) is 3.46. The number of carbonyl (C=O) groups is 1. The number of nitrogens with zero attached hydrogens (tertiary/aromatic N) is 3. The third-order valence-electron chi connectivity index (χ3n) is 4.88. The molecule has 0 aromatic heterocycles. The summed E-state index contributed by atoms with van der Waals surface area (Å²) in [5.74, 6) is -0.0211. The number of rotatable bonds is 3. The van der Waals surface area contributed by atoms with Crippen molar-refractivity contribution in [1.82, 2.24) is 5.01 Å². The van der Waals surface area contributed by atoms with Gasteiger partial charge in [-0.15, -0.1) is 0 Å². The molecular formula is C23H20ClN3O. The van der Waals surface area contributed by atoms with Gasteiger partial charge in [-0.3, -0.25) is 9.80 Å². The van der Waals surface area contributed by atoms with Gasteiger partial charge in [-0.1, -0.05) is 72.3 Å². The van der Waals surface area contributed by atoms with Crippen molar-refractivity contribution in [3.05, 3.63) is 101 Å². The van der Waals surface area contributed by atoms with E-state index < -0.39 is 0 Å². The Labute approximate surface area is 169 Å². The van der Waals surface area contributed by atoms with Crippen molar-refractivity contribution in [3.63, 3.8) is 0 Å². The molecule has 0 bridgehead atoms. The summed E-state index contributed by atoms with van der Waals surface area (Å²) < 4.78 is 0. The van der Waals surface area contributed by atoms with Crippen molar-refractivity contribution in [1.29, 1.82) is 0 Å². The van der Waals surface area contributed by atoms with Crippen LogP contribution in [0, 0.1) is 0 Å². The van der Waals surface area contributed by atoms with Crippen LogP contribution in [-0.2, 0) is 4.79 Å². The van der Waals surface area contributed by atoms with Crippen molar-refractivity contribution < 1.29 is 4.79 Å². The van der Waals surface area contributed by atoms with E-state index in [1.54, 1.807) is 18.2 Å². The summed E-state index contributed by atoms with van der Waals surface area (Å²) in [6.07, 6.45) is 1.79. The fourth-order valence-corrected chi connectivity index (χ4v) is 3.64. The summed E-state index contributed by atoms with van der Waals surface area (Å²) in [4.78, 5) is 14.5. The van der Waals surface area contributed by atoms with Crippen molar-refractivity contribution in [2.75, 3.05) is 18.5 Å². The van der Waals surface area contributed by atoms with Gasteiger partial charge in [0.1, 0.15) is 6.54 Å². The van der Waals surface area contributed by atoms with Crippen LogP contribution in [0.2, 0.25) is 5.02 Å². The van der Waals surface area contributed by atoms with Gasteiger partial charge in [0.15, 0.2) is 0 Å². The molecule has 0 spiro atoms. The second kappa shape index (κ2) is 7.87. The first kappa shape index (κ1) is 18.3. The highest BCUT2D eigenvalue weighted by molar-refractivity contribution is 6.30. The maximum atomic E-state index is 12.8. The summed E-state index contributed by atoms with van der Waals surface area (Å²) in [6.45, 7) is 0.172. The number of carbonyl (C=O) groups excluding carboxylic acids is 1. The molecule has 1 aliphatic rings. The van der Waals surface area contributed by atoms with Crippen molar-refractivity contribution in [3.8, 4) is 0 Å². The third-order valence-corrected chi connectivity index (χ3v) is 5.12. The van der Waals surface area contributed by atoms with Gasteiger partial charge in [-0.25, -0.2) is 0 Å². The predicted octanol–water partition coefficient (Wildman–Crippen LogP) is 4.74. The van der Waals surface area contributed by atoms with E-state index in [0.29, 0.717) is 5.02 Å². The lowest BCUT2D eigenvalue weighted by Gasteiger charge is -2.28. The number of halogens is 1. The summed E-state index contributed by atoms with van der Waals surface area (Å²) in [6, 6.07) is 25.4. The third kappa shape index (κ3) is 3.64. The molecule has 1 amide bonds. The average molecular weight is 390 g/mol. The normalized spacial score (nSPS) is 16.9. The Morgan fingerprint density at radius 2 is 1.68 bits per heavy atom. The lowest BCUT2D eigenvalue weighted by Crippen LogP contribution is -2.34. The van der Waals surface area contributed by atoms with Crippen LogP contribution in [0.4, 0.5) is 5.69 Å². The van der Waals surface area contributed by atoms with Gasteiger partial charge in [-0.2, -0.15) is 5.10 Å². The first-order valence-corrected chi connectivity index (χ1v) is 9.48. The molecule has 28 heavy (non-hydrogen) atoms. The van der Waals surface area contributed by atoms with E-state index in [9.17, 15) is 4.79 Å². The molecule has 4 nitrogen and oxygen atoms in total. The highest BCUT2D eigenvalue weighted by Gasteiger charge is 2.32. The number of likely N-dealkylation sites (N-methyl/N-ethyl adjacent to an activating group) is 1. The first-order valence-electron chi connectivity index (χ1n) is 9.10. The highest BCUT2D eigenvalue weighted by atomic mass is 35.5. The van der Waals surface area contributed by atoms with E-state index in [1.165, 1.54) is 0 Å². The van der Waals surface area contributed by atoms with Crippen LogP contribution in [-0.4, -0.2) is 30.7 Å². The zero-order valence-electron chi connectivity index (χ0n) is 15.5. The second-order valence-electron chi connectivity index (χ2n) is 6.72. The van der Waals surface area contributed by atoms with Crippen LogP contribution in [0.1, 0.15) is 22.7 Å². The van der Waals surface area contributed by atoms with Crippen LogP contribution in [0.25, 0.3) is 0 Å². The Morgan fingerprint density at radius 3 is 2.39 bits per heavy atom. The van der Waals surface area contributed by atoms with E-state index in [0.717, 1.165) is 22.4 Å². The van der Waals surface area contributed by atoms with Gasteiger partial charge >= 0.3 is 0 Å². The molecule has 3 aromatic rings. The topological polar surface area (TPSA) is 35.9 Å². The largest absolute Gasteiger partial charge is 0.314 e. The lowest BCUT2D eigenvalue weighted by atomic mass is 9.97. The number of hydrogen-bond acceptors (Lipinski definition) is 3. The summed E-state index contributed by atoms with van der Waals surface area (Å²) in [5.41, 5.74) is 3.84. The van der Waals surface area contributed by atoms with Crippen molar-refractivity contribution >= 4 is 29.4 Å². The Hall–Kier alpha value is -3.11. The van der Waals surface area contributed by atoms with Gasteiger partial charge in [0, 0.05) is 23.3 Å². The number of amides is 1. The molecule has 0 N–H and O–H groups in total. The number of hydrazone groups is 1. The maximum absolute atomic E-state index is 12.8. The monoisotopic (exact) mass is 389 g/mol. The number of fused-ring (bicyclic) bond motifs is 1. The van der Waals surface area contributed by atoms with Crippen molar-refractivity contribution in [2.45, 2.75) is 6.04 Å².